The molecular weight excluding hydrogens is 262 g/mol. The zero-order chi connectivity index (χ0) is 14.7. The lowest BCUT2D eigenvalue weighted by Gasteiger charge is -2.26. The average Bonchev–Trinajstić information content (AvgIpc) is 2.96. The molecule has 1 aromatic heterocycles. The molecule has 0 bridgehead atoms. The largest absolute Gasteiger partial charge is 0.365 e. The fourth-order valence-electron chi connectivity index (χ4n) is 3.51. The highest BCUT2D eigenvalue weighted by Gasteiger charge is 2.31. The van der Waals surface area contributed by atoms with Crippen molar-refractivity contribution in [3.63, 3.8) is 0 Å². The average molecular weight is 287 g/mol. The fraction of sp³-hybridized carbons (Fsp3) is 0.647. The minimum Gasteiger partial charge on any atom is -0.365 e. The van der Waals surface area contributed by atoms with Crippen LogP contribution in [-0.2, 0) is 4.79 Å². The summed E-state index contributed by atoms with van der Waals surface area (Å²) in [4.78, 5) is 18.9. The SMILES string of the molecule is Cc1ccnc(N[C@H]2CCN(C(=O)C3CCCCC3)C2)c1. The number of hydrogen-bond acceptors (Lipinski definition) is 3. The van der Waals surface area contributed by atoms with Crippen molar-refractivity contribution in [2.24, 2.45) is 5.92 Å². The lowest BCUT2D eigenvalue weighted by Crippen LogP contribution is -2.36. The smallest absolute Gasteiger partial charge is 0.225 e. The van der Waals surface area contributed by atoms with Crippen molar-refractivity contribution in [3.8, 4) is 0 Å². The molecule has 2 fully saturated rings. The Kier molecular flexibility index (Phi) is 4.42. The molecule has 1 aliphatic heterocycles. The van der Waals surface area contributed by atoms with Gasteiger partial charge in [-0.1, -0.05) is 19.3 Å². The van der Waals surface area contributed by atoms with E-state index in [0.29, 0.717) is 11.9 Å². The van der Waals surface area contributed by atoms with Gasteiger partial charge in [-0.3, -0.25) is 4.79 Å². The summed E-state index contributed by atoms with van der Waals surface area (Å²) in [6, 6.07) is 4.40. The predicted octanol–water partition coefficient (Wildman–Crippen LogP) is 2.98. The van der Waals surface area contributed by atoms with Crippen LogP contribution in [0.5, 0.6) is 0 Å². The maximum absolute atomic E-state index is 12.5. The highest BCUT2D eigenvalue weighted by molar-refractivity contribution is 5.79. The highest BCUT2D eigenvalue weighted by Crippen LogP contribution is 2.27. The number of pyridine rings is 1. The molecule has 114 valence electrons. The summed E-state index contributed by atoms with van der Waals surface area (Å²) in [6.07, 6.45) is 8.77. The van der Waals surface area contributed by atoms with Gasteiger partial charge in [0.2, 0.25) is 5.91 Å². The molecule has 1 N–H and O–H groups in total. The zero-order valence-corrected chi connectivity index (χ0v) is 12.8. The van der Waals surface area contributed by atoms with Gasteiger partial charge in [0.05, 0.1) is 0 Å². The van der Waals surface area contributed by atoms with Crippen molar-refractivity contribution in [2.45, 2.75) is 51.5 Å². The molecule has 0 radical (unpaired) electrons. The number of amides is 1. The highest BCUT2D eigenvalue weighted by atomic mass is 16.2. The number of carbonyl (C=O) groups excluding carboxylic acids is 1. The number of rotatable bonds is 3. The molecule has 3 rings (SSSR count). The van der Waals surface area contributed by atoms with E-state index in [1.165, 1.54) is 24.8 Å². The molecule has 21 heavy (non-hydrogen) atoms. The molecule has 2 aliphatic rings. The fourth-order valence-corrected chi connectivity index (χ4v) is 3.51. The number of anilines is 1. The van der Waals surface area contributed by atoms with Gasteiger partial charge in [0.15, 0.2) is 0 Å². The van der Waals surface area contributed by atoms with Gasteiger partial charge in [-0.15, -0.1) is 0 Å². The maximum Gasteiger partial charge on any atom is 0.225 e. The Labute approximate surface area is 126 Å². The van der Waals surface area contributed by atoms with E-state index in [1.807, 2.05) is 12.3 Å². The summed E-state index contributed by atoms with van der Waals surface area (Å²) in [7, 11) is 0. The normalized spacial score (nSPS) is 23.3. The van der Waals surface area contributed by atoms with E-state index in [0.717, 1.165) is 38.2 Å². The zero-order valence-electron chi connectivity index (χ0n) is 12.8. The molecule has 0 spiro atoms. The molecule has 1 aliphatic carbocycles. The van der Waals surface area contributed by atoms with Crippen LogP contribution in [0.2, 0.25) is 0 Å². The quantitative estimate of drug-likeness (QED) is 0.929. The minimum atomic E-state index is 0.287. The van der Waals surface area contributed by atoms with Gasteiger partial charge in [-0.2, -0.15) is 0 Å². The number of aryl methyl sites for hydroxylation is 1. The van der Waals surface area contributed by atoms with Crippen molar-refractivity contribution >= 4 is 11.7 Å². The first-order valence-corrected chi connectivity index (χ1v) is 8.20. The van der Waals surface area contributed by atoms with Gasteiger partial charge in [0.1, 0.15) is 5.82 Å². The van der Waals surface area contributed by atoms with E-state index in [4.69, 9.17) is 0 Å². The summed E-state index contributed by atoms with van der Waals surface area (Å²) in [5, 5.41) is 3.46. The topological polar surface area (TPSA) is 45.2 Å². The number of aromatic nitrogens is 1. The number of likely N-dealkylation sites (tertiary alicyclic amines) is 1. The summed E-state index contributed by atoms with van der Waals surface area (Å²) in [5.74, 6) is 1.60. The van der Waals surface area contributed by atoms with Crippen LogP contribution in [-0.4, -0.2) is 34.9 Å². The van der Waals surface area contributed by atoms with Crippen LogP contribution in [0.15, 0.2) is 18.3 Å². The van der Waals surface area contributed by atoms with Crippen LogP contribution in [0.4, 0.5) is 5.82 Å². The minimum absolute atomic E-state index is 0.287. The van der Waals surface area contributed by atoms with Crippen LogP contribution >= 0.6 is 0 Å². The van der Waals surface area contributed by atoms with E-state index in [1.54, 1.807) is 0 Å². The van der Waals surface area contributed by atoms with Crippen LogP contribution in [0.3, 0.4) is 0 Å². The van der Waals surface area contributed by atoms with Crippen LogP contribution in [0.25, 0.3) is 0 Å². The van der Waals surface area contributed by atoms with E-state index >= 15 is 0 Å². The summed E-state index contributed by atoms with van der Waals surface area (Å²) < 4.78 is 0. The van der Waals surface area contributed by atoms with Gasteiger partial charge in [-0.05, 0) is 43.9 Å². The van der Waals surface area contributed by atoms with E-state index in [-0.39, 0.29) is 5.92 Å². The summed E-state index contributed by atoms with van der Waals surface area (Å²) in [6.45, 7) is 3.78. The summed E-state index contributed by atoms with van der Waals surface area (Å²) >= 11 is 0. The molecule has 1 saturated carbocycles. The maximum atomic E-state index is 12.5. The Hall–Kier alpha value is -1.58. The van der Waals surface area contributed by atoms with Crippen molar-refractivity contribution in [1.82, 2.24) is 9.88 Å². The Bertz CT molecular complexity index is 497. The number of nitrogens with one attached hydrogen (secondary N) is 1. The van der Waals surface area contributed by atoms with Gasteiger partial charge >= 0.3 is 0 Å². The third kappa shape index (κ3) is 3.55. The molecule has 4 nitrogen and oxygen atoms in total. The Balaban J connectivity index is 1.54. The van der Waals surface area contributed by atoms with E-state index < -0.39 is 0 Å². The van der Waals surface area contributed by atoms with Crippen LogP contribution in [0.1, 0.15) is 44.1 Å². The van der Waals surface area contributed by atoms with Crippen LogP contribution in [0, 0.1) is 12.8 Å². The van der Waals surface area contributed by atoms with E-state index in [9.17, 15) is 4.79 Å². The standard InChI is InChI=1S/C17H25N3O/c1-13-7-9-18-16(11-13)19-15-8-10-20(12-15)17(21)14-5-3-2-4-6-14/h7,9,11,14-15H,2-6,8,10,12H2,1H3,(H,18,19)/t15-/m0/s1. The number of hydrogen-bond donors (Lipinski definition) is 1. The molecule has 1 saturated heterocycles. The second kappa shape index (κ2) is 6.46. The molecule has 1 amide bonds. The van der Waals surface area contributed by atoms with Gasteiger partial charge < -0.3 is 10.2 Å². The van der Waals surface area contributed by atoms with Crippen molar-refractivity contribution < 1.29 is 4.79 Å². The first kappa shape index (κ1) is 14.4. The second-order valence-corrected chi connectivity index (χ2v) is 6.47. The number of nitrogens with zero attached hydrogens (tertiary/aromatic N) is 2. The lowest BCUT2D eigenvalue weighted by atomic mass is 9.88. The van der Waals surface area contributed by atoms with E-state index in [2.05, 4.69) is 28.2 Å². The number of carbonyl (C=O) groups is 1. The van der Waals surface area contributed by atoms with Gasteiger partial charge in [0, 0.05) is 31.2 Å². The molecule has 4 heteroatoms. The first-order valence-electron chi connectivity index (χ1n) is 8.20. The first-order chi connectivity index (χ1) is 10.2. The predicted molar refractivity (Wildman–Crippen MR) is 84.2 cm³/mol. The Morgan fingerprint density at radius 3 is 2.86 bits per heavy atom. The second-order valence-electron chi connectivity index (χ2n) is 6.47. The summed E-state index contributed by atoms with van der Waals surface area (Å²) in [5.41, 5.74) is 1.21. The van der Waals surface area contributed by atoms with Crippen molar-refractivity contribution in [3.05, 3.63) is 23.9 Å². The molecular formula is C17H25N3O. The van der Waals surface area contributed by atoms with Crippen molar-refractivity contribution in [2.75, 3.05) is 18.4 Å². The molecule has 0 aromatic carbocycles. The monoisotopic (exact) mass is 287 g/mol. The Morgan fingerprint density at radius 2 is 2.10 bits per heavy atom. The van der Waals surface area contributed by atoms with Gasteiger partial charge in [0.25, 0.3) is 0 Å². The van der Waals surface area contributed by atoms with Crippen LogP contribution < -0.4 is 5.32 Å². The molecule has 0 unspecified atom stereocenters. The third-order valence-electron chi connectivity index (χ3n) is 4.72. The third-order valence-corrected chi connectivity index (χ3v) is 4.72. The lowest BCUT2D eigenvalue weighted by molar-refractivity contribution is -0.135. The molecule has 1 aromatic rings. The van der Waals surface area contributed by atoms with Crippen molar-refractivity contribution in [1.29, 1.82) is 0 Å². The molecule has 2 heterocycles. The Morgan fingerprint density at radius 1 is 1.29 bits per heavy atom. The van der Waals surface area contributed by atoms with Gasteiger partial charge in [-0.25, -0.2) is 4.98 Å². The molecule has 1 atom stereocenters.